The molecule has 0 aliphatic carbocycles. The Morgan fingerprint density at radius 2 is 0.761 bits per heavy atom. The molecule has 0 fully saturated rings. The van der Waals surface area contributed by atoms with E-state index in [0.717, 1.165) is 25.7 Å². The van der Waals surface area contributed by atoms with E-state index in [1.165, 1.54) is 128 Å². The van der Waals surface area contributed by atoms with Crippen LogP contribution in [-0.2, 0) is 13.6 Å². The molecule has 0 aliphatic heterocycles. The number of unbranched alkanes of at least 4 members (excludes halogenated alkanes) is 22. The Labute approximate surface area is 284 Å². The van der Waals surface area contributed by atoms with Gasteiger partial charge in [0, 0.05) is 13.1 Å². The van der Waals surface area contributed by atoms with Gasteiger partial charge in [0.1, 0.15) is 0 Å². The van der Waals surface area contributed by atoms with E-state index >= 15 is 0 Å². The highest BCUT2D eigenvalue weighted by atomic mass is 31.2. The first-order chi connectivity index (χ1) is 22.3. The van der Waals surface area contributed by atoms with Crippen LogP contribution in [0.2, 0.25) is 0 Å². The lowest BCUT2D eigenvalue weighted by atomic mass is 10.0. The first-order valence-corrected chi connectivity index (χ1v) is 20.7. The fourth-order valence-corrected chi connectivity index (χ4v) is 6.08. The molecule has 0 aromatic heterocycles. The summed E-state index contributed by atoms with van der Waals surface area (Å²) in [6, 6.07) is 0. The lowest BCUT2D eigenvalue weighted by Gasteiger charge is -2.17. The zero-order chi connectivity index (χ0) is 34.4. The zero-order valence-electron chi connectivity index (χ0n) is 30.2. The van der Waals surface area contributed by atoms with E-state index in [1.807, 2.05) is 0 Å². The van der Waals surface area contributed by atoms with Crippen LogP contribution in [0, 0.1) is 0 Å². The molecule has 0 saturated heterocycles. The van der Waals surface area contributed by atoms with Crippen LogP contribution >= 0.6 is 7.82 Å². The van der Waals surface area contributed by atoms with Gasteiger partial charge in [-0.1, -0.05) is 168 Å². The van der Waals surface area contributed by atoms with E-state index in [4.69, 9.17) is 19.3 Å². The highest BCUT2D eigenvalue weighted by Gasteiger charge is 2.24. The number of aliphatic hydroxyl groups is 4. The summed E-state index contributed by atoms with van der Waals surface area (Å²) in [4.78, 5) is 9.85. The minimum absolute atomic E-state index is 0.139. The molecule has 0 saturated carbocycles. The molecular formula is C36H78NO8P. The molecule has 0 aliphatic rings. The van der Waals surface area contributed by atoms with Crippen molar-refractivity contribution in [1.82, 2.24) is 5.32 Å². The number of nitrogens with one attached hydrogen (secondary N) is 1. The maximum Gasteiger partial charge on any atom is 0.472 e. The van der Waals surface area contributed by atoms with Crippen molar-refractivity contribution in [2.75, 3.05) is 39.5 Å². The average molecular weight is 684 g/mol. The van der Waals surface area contributed by atoms with Gasteiger partial charge in [0.25, 0.3) is 0 Å². The molecule has 0 bridgehead atoms. The zero-order valence-corrected chi connectivity index (χ0v) is 31.1. The summed E-state index contributed by atoms with van der Waals surface area (Å²) in [6.07, 6.45) is 29.7. The normalized spacial score (nSPS) is 14.1. The van der Waals surface area contributed by atoms with Gasteiger partial charge in [0.2, 0.25) is 0 Å². The Bertz CT molecular complexity index is 571. The van der Waals surface area contributed by atoms with Gasteiger partial charge in [-0.15, -0.1) is 0 Å². The molecule has 0 spiro atoms. The lowest BCUT2D eigenvalue weighted by Crippen LogP contribution is -2.21. The van der Waals surface area contributed by atoms with E-state index in [9.17, 15) is 19.7 Å². The van der Waals surface area contributed by atoms with Gasteiger partial charge >= 0.3 is 7.82 Å². The standard InChI is InChI=1S/C32H67O6P.C4H11NO2/c1-3-5-7-9-11-13-15-17-19-21-23-25-27-31(33)29-37-39(35,36)38-30-32(34)28-26-24-22-20-18-16-14-12-10-8-6-4-2;6-3-1-5-2-4-7/h31-34H,3-30H2,1-2H3,(H,35,36);5-7H,1-4H2/t31-,32+;. The summed E-state index contributed by atoms with van der Waals surface area (Å²) < 4.78 is 21.9. The topological polar surface area (TPSA) is 149 Å². The molecule has 1 unspecified atom stereocenters. The van der Waals surface area contributed by atoms with Crippen molar-refractivity contribution < 1.29 is 38.9 Å². The van der Waals surface area contributed by atoms with Crippen molar-refractivity contribution in [1.29, 1.82) is 0 Å². The maximum absolute atomic E-state index is 12.1. The third-order valence-corrected chi connectivity index (χ3v) is 9.17. The Morgan fingerprint density at radius 3 is 1.02 bits per heavy atom. The third kappa shape index (κ3) is 41.9. The quantitative estimate of drug-likeness (QED) is 0.0282. The van der Waals surface area contributed by atoms with Gasteiger partial charge in [0.15, 0.2) is 0 Å². The van der Waals surface area contributed by atoms with E-state index < -0.39 is 20.0 Å². The summed E-state index contributed by atoms with van der Waals surface area (Å²) >= 11 is 0. The molecule has 0 rings (SSSR count). The average Bonchev–Trinajstić information content (AvgIpc) is 3.04. The summed E-state index contributed by atoms with van der Waals surface area (Å²) in [5, 5.41) is 39.2. The van der Waals surface area contributed by atoms with Crippen LogP contribution in [0.25, 0.3) is 0 Å². The second-order valence-electron chi connectivity index (χ2n) is 12.9. The van der Waals surface area contributed by atoms with Crippen molar-refractivity contribution in [2.45, 2.75) is 193 Å². The van der Waals surface area contributed by atoms with Gasteiger partial charge in [-0.2, -0.15) is 0 Å². The van der Waals surface area contributed by atoms with Crippen molar-refractivity contribution >= 4 is 7.82 Å². The molecule has 0 amide bonds. The van der Waals surface area contributed by atoms with E-state index in [0.29, 0.717) is 25.9 Å². The van der Waals surface area contributed by atoms with Gasteiger partial charge < -0.3 is 30.6 Å². The van der Waals surface area contributed by atoms with Crippen LogP contribution in [0.5, 0.6) is 0 Å². The molecule has 10 heteroatoms. The number of rotatable bonds is 36. The van der Waals surface area contributed by atoms with Crippen molar-refractivity contribution in [3.63, 3.8) is 0 Å². The molecule has 6 N–H and O–H groups in total. The van der Waals surface area contributed by atoms with Gasteiger partial charge in [-0.25, -0.2) is 4.57 Å². The highest BCUT2D eigenvalue weighted by Crippen LogP contribution is 2.43. The molecule has 0 radical (unpaired) electrons. The van der Waals surface area contributed by atoms with Gasteiger partial charge in [-0.05, 0) is 12.8 Å². The minimum Gasteiger partial charge on any atom is -0.395 e. The number of phosphoric ester groups is 1. The second-order valence-corrected chi connectivity index (χ2v) is 14.4. The second kappa shape index (κ2) is 39.3. The molecule has 0 aromatic rings. The molecule has 3 atom stereocenters. The number of phosphoric acid groups is 1. The Morgan fingerprint density at radius 1 is 0.500 bits per heavy atom. The fraction of sp³-hybridized carbons (Fsp3) is 1.00. The minimum atomic E-state index is -4.26. The van der Waals surface area contributed by atoms with Crippen LogP contribution in [0.15, 0.2) is 0 Å². The molecule has 0 heterocycles. The smallest absolute Gasteiger partial charge is 0.395 e. The largest absolute Gasteiger partial charge is 0.472 e. The molecule has 280 valence electrons. The van der Waals surface area contributed by atoms with E-state index in [1.54, 1.807) is 0 Å². The maximum atomic E-state index is 12.1. The predicted octanol–water partition coefficient (Wildman–Crippen LogP) is 8.58. The van der Waals surface area contributed by atoms with Crippen LogP contribution in [0.4, 0.5) is 0 Å². The Balaban J connectivity index is 0. The van der Waals surface area contributed by atoms with Crippen molar-refractivity contribution in [3.8, 4) is 0 Å². The summed E-state index contributed by atoms with van der Waals surface area (Å²) in [5.74, 6) is 0. The Hall–Kier alpha value is -0.0900. The number of hydrogen-bond donors (Lipinski definition) is 6. The number of hydrogen-bond acceptors (Lipinski definition) is 8. The summed E-state index contributed by atoms with van der Waals surface area (Å²) in [7, 11) is -4.26. The molecule has 0 aromatic carbocycles. The molecule has 46 heavy (non-hydrogen) atoms. The Kier molecular flexibility index (Phi) is 41.1. The van der Waals surface area contributed by atoms with Crippen molar-refractivity contribution in [2.24, 2.45) is 0 Å². The van der Waals surface area contributed by atoms with Crippen LogP contribution in [-0.4, -0.2) is 77.0 Å². The van der Waals surface area contributed by atoms with Crippen molar-refractivity contribution in [3.05, 3.63) is 0 Å². The molecular weight excluding hydrogens is 605 g/mol. The summed E-state index contributed by atoms with van der Waals surface area (Å²) in [5.41, 5.74) is 0. The summed E-state index contributed by atoms with van der Waals surface area (Å²) in [6.45, 7) is 5.47. The fourth-order valence-electron chi connectivity index (χ4n) is 5.29. The van der Waals surface area contributed by atoms with Gasteiger partial charge in [-0.3, -0.25) is 9.05 Å². The highest BCUT2D eigenvalue weighted by molar-refractivity contribution is 7.47. The SMILES string of the molecule is CCCCCCCCCCCCCC[C@@H](O)COP(=O)(O)OC[C@@H](O)CCCCCCCCCCCCCC.OCCNCCO. The monoisotopic (exact) mass is 684 g/mol. The van der Waals surface area contributed by atoms with Gasteiger partial charge in [0.05, 0.1) is 38.6 Å². The number of aliphatic hydroxyl groups excluding tert-OH is 4. The lowest BCUT2D eigenvalue weighted by molar-refractivity contribution is 0.0432. The van der Waals surface area contributed by atoms with Crippen LogP contribution in [0.3, 0.4) is 0 Å². The van der Waals surface area contributed by atoms with E-state index in [2.05, 4.69) is 19.2 Å². The predicted molar refractivity (Wildman–Crippen MR) is 192 cm³/mol. The molecule has 9 nitrogen and oxygen atoms in total. The first-order valence-electron chi connectivity index (χ1n) is 19.2. The first kappa shape index (κ1) is 48.0. The van der Waals surface area contributed by atoms with Crippen LogP contribution < -0.4 is 5.32 Å². The third-order valence-electron chi connectivity index (χ3n) is 8.22. The van der Waals surface area contributed by atoms with Crippen LogP contribution in [0.1, 0.15) is 181 Å². The van der Waals surface area contributed by atoms with E-state index in [-0.39, 0.29) is 26.4 Å².